The topological polar surface area (TPSA) is 21.3 Å². The van der Waals surface area contributed by atoms with E-state index in [0.717, 1.165) is 31.1 Å². The monoisotopic (exact) mass is 249 g/mol. The second kappa shape index (κ2) is 8.98. The molecule has 2 nitrogen and oxygen atoms in total. The molecule has 0 radical (unpaired) electrons. The average molecular weight is 250 g/mol. The summed E-state index contributed by atoms with van der Waals surface area (Å²) in [6.45, 7) is 2.65. The SMILES string of the molecule is COCCCNCc1cccc(Cl)c1.Cl. The first-order valence-corrected chi connectivity index (χ1v) is 5.15. The Bertz CT molecular complexity index is 269. The zero-order chi connectivity index (χ0) is 10.2. The zero-order valence-electron chi connectivity index (χ0n) is 8.83. The highest BCUT2D eigenvalue weighted by molar-refractivity contribution is 6.30. The van der Waals surface area contributed by atoms with Crippen molar-refractivity contribution < 1.29 is 4.74 Å². The fourth-order valence-electron chi connectivity index (χ4n) is 1.22. The quantitative estimate of drug-likeness (QED) is 0.784. The lowest BCUT2D eigenvalue weighted by Crippen LogP contribution is -2.15. The van der Waals surface area contributed by atoms with Gasteiger partial charge in [0.15, 0.2) is 0 Å². The molecule has 0 atom stereocenters. The van der Waals surface area contributed by atoms with Crippen LogP contribution in [0.15, 0.2) is 24.3 Å². The van der Waals surface area contributed by atoms with Gasteiger partial charge < -0.3 is 10.1 Å². The van der Waals surface area contributed by atoms with Crippen molar-refractivity contribution in [1.29, 1.82) is 0 Å². The highest BCUT2D eigenvalue weighted by Crippen LogP contribution is 2.09. The summed E-state index contributed by atoms with van der Waals surface area (Å²) in [6.07, 6.45) is 1.04. The van der Waals surface area contributed by atoms with Crippen LogP contribution in [0.25, 0.3) is 0 Å². The smallest absolute Gasteiger partial charge is 0.0474 e. The first-order valence-electron chi connectivity index (χ1n) is 4.77. The molecule has 0 heterocycles. The molecule has 1 N–H and O–H groups in total. The molecule has 0 saturated heterocycles. The average Bonchev–Trinajstić information content (AvgIpc) is 2.18. The van der Waals surface area contributed by atoms with Crippen LogP contribution in [0.1, 0.15) is 12.0 Å². The van der Waals surface area contributed by atoms with E-state index in [1.165, 1.54) is 5.56 Å². The summed E-state index contributed by atoms with van der Waals surface area (Å²) in [4.78, 5) is 0. The molecule has 15 heavy (non-hydrogen) atoms. The minimum atomic E-state index is 0. The van der Waals surface area contributed by atoms with E-state index in [1.807, 2.05) is 18.2 Å². The van der Waals surface area contributed by atoms with Gasteiger partial charge in [0, 0.05) is 25.3 Å². The Kier molecular flexibility index (Phi) is 8.82. The predicted molar refractivity (Wildman–Crippen MR) is 66.9 cm³/mol. The van der Waals surface area contributed by atoms with Crippen LogP contribution < -0.4 is 5.32 Å². The lowest BCUT2D eigenvalue weighted by Gasteiger charge is -2.04. The van der Waals surface area contributed by atoms with Gasteiger partial charge in [-0.15, -0.1) is 12.4 Å². The third kappa shape index (κ3) is 6.74. The molecule has 0 amide bonds. The zero-order valence-corrected chi connectivity index (χ0v) is 10.4. The number of hydrogen-bond acceptors (Lipinski definition) is 2. The van der Waals surface area contributed by atoms with Gasteiger partial charge in [0.05, 0.1) is 0 Å². The molecule has 0 aliphatic carbocycles. The first kappa shape index (κ1) is 14.7. The van der Waals surface area contributed by atoms with Crippen LogP contribution in [0.4, 0.5) is 0 Å². The van der Waals surface area contributed by atoms with Crippen molar-refractivity contribution in [3.8, 4) is 0 Å². The van der Waals surface area contributed by atoms with Gasteiger partial charge in [0.1, 0.15) is 0 Å². The number of nitrogens with one attached hydrogen (secondary N) is 1. The fraction of sp³-hybridized carbons (Fsp3) is 0.455. The van der Waals surface area contributed by atoms with Crippen LogP contribution >= 0.6 is 24.0 Å². The maximum Gasteiger partial charge on any atom is 0.0474 e. The van der Waals surface area contributed by atoms with Crippen molar-refractivity contribution in [2.75, 3.05) is 20.3 Å². The summed E-state index contributed by atoms with van der Waals surface area (Å²) < 4.78 is 4.95. The highest BCUT2D eigenvalue weighted by atomic mass is 35.5. The predicted octanol–water partition coefficient (Wildman–Crippen LogP) is 2.89. The summed E-state index contributed by atoms with van der Waals surface area (Å²) in [5.74, 6) is 0. The van der Waals surface area contributed by atoms with Crippen molar-refractivity contribution in [1.82, 2.24) is 5.32 Å². The molecule has 0 bridgehead atoms. The number of benzene rings is 1. The minimum Gasteiger partial charge on any atom is -0.385 e. The van der Waals surface area contributed by atoms with Crippen molar-refractivity contribution in [3.63, 3.8) is 0 Å². The summed E-state index contributed by atoms with van der Waals surface area (Å²) in [5.41, 5.74) is 1.22. The molecule has 0 unspecified atom stereocenters. The third-order valence-electron chi connectivity index (χ3n) is 1.92. The van der Waals surface area contributed by atoms with Gasteiger partial charge in [-0.2, -0.15) is 0 Å². The molecule has 1 aromatic rings. The maximum absolute atomic E-state index is 5.86. The van der Waals surface area contributed by atoms with Crippen LogP contribution in [0.5, 0.6) is 0 Å². The molecule has 86 valence electrons. The van der Waals surface area contributed by atoms with E-state index in [-0.39, 0.29) is 12.4 Å². The maximum atomic E-state index is 5.86. The van der Waals surface area contributed by atoms with Gasteiger partial charge in [-0.3, -0.25) is 0 Å². The molecular weight excluding hydrogens is 233 g/mol. The molecule has 0 saturated carbocycles. The largest absolute Gasteiger partial charge is 0.385 e. The van der Waals surface area contributed by atoms with Crippen molar-refractivity contribution >= 4 is 24.0 Å². The number of hydrogen-bond donors (Lipinski definition) is 1. The third-order valence-corrected chi connectivity index (χ3v) is 2.16. The van der Waals surface area contributed by atoms with Gasteiger partial charge in [-0.25, -0.2) is 0 Å². The Balaban J connectivity index is 0.00000196. The Morgan fingerprint density at radius 3 is 2.87 bits per heavy atom. The number of halogens is 2. The van der Waals surface area contributed by atoms with Gasteiger partial charge >= 0.3 is 0 Å². The van der Waals surface area contributed by atoms with E-state index in [2.05, 4.69) is 11.4 Å². The molecule has 4 heteroatoms. The normalized spacial score (nSPS) is 9.73. The summed E-state index contributed by atoms with van der Waals surface area (Å²) in [6, 6.07) is 7.89. The van der Waals surface area contributed by atoms with Gasteiger partial charge in [0.2, 0.25) is 0 Å². The number of rotatable bonds is 6. The van der Waals surface area contributed by atoms with Gasteiger partial charge in [-0.05, 0) is 30.7 Å². The first-order chi connectivity index (χ1) is 6.83. The minimum absolute atomic E-state index is 0. The van der Waals surface area contributed by atoms with E-state index < -0.39 is 0 Å². The summed E-state index contributed by atoms with van der Waals surface area (Å²) >= 11 is 5.86. The lowest BCUT2D eigenvalue weighted by atomic mass is 10.2. The standard InChI is InChI=1S/C11H16ClNO.ClH/c1-14-7-3-6-13-9-10-4-2-5-11(12)8-10;/h2,4-5,8,13H,3,6-7,9H2,1H3;1H. The molecule has 0 spiro atoms. The Labute approximate surface area is 102 Å². The molecule has 0 fully saturated rings. The van der Waals surface area contributed by atoms with E-state index in [9.17, 15) is 0 Å². The Morgan fingerprint density at radius 1 is 1.40 bits per heavy atom. The molecule has 1 rings (SSSR count). The van der Waals surface area contributed by atoms with E-state index in [4.69, 9.17) is 16.3 Å². The van der Waals surface area contributed by atoms with Crippen LogP contribution in [-0.2, 0) is 11.3 Å². The van der Waals surface area contributed by atoms with Crippen LogP contribution in [0.3, 0.4) is 0 Å². The Morgan fingerprint density at radius 2 is 2.20 bits per heavy atom. The molecule has 0 aromatic heterocycles. The van der Waals surface area contributed by atoms with Gasteiger partial charge in [0.25, 0.3) is 0 Å². The fourth-order valence-corrected chi connectivity index (χ4v) is 1.43. The second-order valence-electron chi connectivity index (χ2n) is 3.15. The number of ether oxygens (including phenoxy) is 1. The van der Waals surface area contributed by atoms with Gasteiger partial charge in [-0.1, -0.05) is 23.7 Å². The molecule has 0 aliphatic rings. The second-order valence-corrected chi connectivity index (χ2v) is 3.59. The molecule has 1 aromatic carbocycles. The van der Waals surface area contributed by atoms with E-state index in [0.29, 0.717) is 0 Å². The Hall–Kier alpha value is -0.280. The van der Waals surface area contributed by atoms with E-state index >= 15 is 0 Å². The number of methoxy groups -OCH3 is 1. The van der Waals surface area contributed by atoms with Crippen molar-refractivity contribution in [2.45, 2.75) is 13.0 Å². The van der Waals surface area contributed by atoms with E-state index in [1.54, 1.807) is 7.11 Å². The van der Waals surface area contributed by atoms with Crippen LogP contribution in [0, 0.1) is 0 Å². The summed E-state index contributed by atoms with van der Waals surface area (Å²) in [5, 5.41) is 4.12. The molecular formula is C11H17Cl2NO. The highest BCUT2D eigenvalue weighted by Gasteiger charge is 1.93. The van der Waals surface area contributed by atoms with Crippen molar-refractivity contribution in [2.24, 2.45) is 0 Å². The summed E-state index contributed by atoms with van der Waals surface area (Å²) in [7, 11) is 1.72. The molecule has 0 aliphatic heterocycles. The van der Waals surface area contributed by atoms with Crippen LogP contribution in [-0.4, -0.2) is 20.3 Å². The van der Waals surface area contributed by atoms with Crippen molar-refractivity contribution in [3.05, 3.63) is 34.9 Å². The van der Waals surface area contributed by atoms with Crippen LogP contribution in [0.2, 0.25) is 5.02 Å². The lowest BCUT2D eigenvalue weighted by molar-refractivity contribution is 0.194.